The second-order valence-electron chi connectivity index (χ2n) is 11.3. The standard InChI is InChI=1S/C40H34F3N3O6S/c1-50-33-24-35(52-3)34(51-2)22-27(33)21-32(46-37(47)26-15-8-5-9-16-26)38(48)44-28-17-12-18-29(23-28)53-36(25-13-6-4-7-14-25)39(49)45-31-20-11-10-19-30(31)40(41,42)43/h4-24,36H,1-3H3,(H,44,48)(H,45,49)(H,46,47)/b32-21+. The average molecular weight is 742 g/mol. The summed E-state index contributed by atoms with van der Waals surface area (Å²) < 4.78 is 57.5. The predicted molar refractivity (Wildman–Crippen MR) is 198 cm³/mol. The molecule has 0 radical (unpaired) electrons. The molecule has 0 aliphatic carbocycles. The number of hydrogen-bond donors (Lipinski definition) is 3. The van der Waals surface area contributed by atoms with E-state index < -0.39 is 34.7 Å². The lowest BCUT2D eigenvalue weighted by molar-refractivity contribution is -0.137. The first-order valence-corrected chi connectivity index (χ1v) is 16.9. The third kappa shape index (κ3) is 9.77. The number of hydrogen-bond acceptors (Lipinski definition) is 7. The number of benzene rings is 5. The van der Waals surface area contributed by atoms with E-state index >= 15 is 0 Å². The van der Waals surface area contributed by atoms with Crippen LogP contribution in [0.4, 0.5) is 24.5 Å². The molecule has 3 N–H and O–H groups in total. The number of ether oxygens (including phenoxy) is 3. The number of halogens is 3. The van der Waals surface area contributed by atoms with E-state index in [0.717, 1.165) is 17.8 Å². The Morgan fingerprint density at radius 3 is 1.98 bits per heavy atom. The number of rotatable bonds is 13. The van der Waals surface area contributed by atoms with Crippen molar-refractivity contribution in [3.05, 3.63) is 149 Å². The number of carbonyl (C=O) groups is 3. The molecule has 0 spiro atoms. The van der Waals surface area contributed by atoms with Gasteiger partial charge in [-0.3, -0.25) is 14.4 Å². The molecule has 0 saturated heterocycles. The Kier molecular flexibility index (Phi) is 12.4. The molecule has 0 heterocycles. The zero-order valence-electron chi connectivity index (χ0n) is 28.7. The molecule has 0 bridgehead atoms. The van der Waals surface area contributed by atoms with Crippen molar-refractivity contribution in [3.8, 4) is 17.2 Å². The van der Waals surface area contributed by atoms with Crippen molar-refractivity contribution in [3.63, 3.8) is 0 Å². The summed E-state index contributed by atoms with van der Waals surface area (Å²) in [6, 6.07) is 31.5. The monoisotopic (exact) mass is 741 g/mol. The zero-order chi connectivity index (χ0) is 38.0. The van der Waals surface area contributed by atoms with Gasteiger partial charge in [0.2, 0.25) is 5.91 Å². The van der Waals surface area contributed by atoms with Gasteiger partial charge in [0.25, 0.3) is 11.8 Å². The second-order valence-corrected chi connectivity index (χ2v) is 12.4. The van der Waals surface area contributed by atoms with Crippen LogP contribution in [0, 0.1) is 0 Å². The smallest absolute Gasteiger partial charge is 0.418 e. The third-order valence-corrected chi connectivity index (χ3v) is 8.99. The van der Waals surface area contributed by atoms with Gasteiger partial charge in [-0.05, 0) is 60.2 Å². The molecule has 5 aromatic rings. The minimum atomic E-state index is -4.68. The quantitative estimate of drug-likeness (QED) is 0.0818. The normalized spacial score (nSPS) is 11.9. The van der Waals surface area contributed by atoms with Crippen LogP contribution in [0.3, 0.4) is 0 Å². The Balaban J connectivity index is 1.45. The molecule has 5 rings (SSSR count). The second kappa shape index (κ2) is 17.3. The fourth-order valence-corrected chi connectivity index (χ4v) is 6.27. The summed E-state index contributed by atoms with van der Waals surface area (Å²) in [4.78, 5) is 41.3. The summed E-state index contributed by atoms with van der Waals surface area (Å²) in [5, 5.41) is 6.96. The van der Waals surface area contributed by atoms with Crippen LogP contribution in [0.5, 0.6) is 17.2 Å². The molecule has 9 nitrogen and oxygen atoms in total. The highest BCUT2D eigenvalue weighted by atomic mass is 32.2. The first-order chi connectivity index (χ1) is 25.5. The van der Waals surface area contributed by atoms with Gasteiger partial charge < -0.3 is 30.2 Å². The van der Waals surface area contributed by atoms with E-state index in [1.807, 2.05) is 0 Å². The average Bonchev–Trinajstić information content (AvgIpc) is 3.17. The fourth-order valence-electron chi connectivity index (χ4n) is 5.18. The van der Waals surface area contributed by atoms with Gasteiger partial charge in [0.15, 0.2) is 11.5 Å². The van der Waals surface area contributed by atoms with Gasteiger partial charge in [0.1, 0.15) is 16.7 Å². The van der Waals surface area contributed by atoms with Crippen LogP contribution in [0.15, 0.2) is 132 Å². The third-order valence-electron chi connectivity index (χ3n) is 7.74. The van der Waals surface area contributed by atoms with Crippen molar-refractivity contribution in [2.75, 3.05) is 32.0 Å². The number of thioether (sulfide) groups is 1. The number of alkyl halides is 3. The Hall–Kier alpha value is -6.21. The molecule has 0 aliphatic rings. The number of carbonyl (C=O) groups excluding carboxylic acids is 3. The van der Waals surface area contributed by atoms with Crippen LogP contribution in [0.2, 0.25) is 0 Å². The molecule has 0 saturated carbocycles. The van der Waals surface area contributed by atoms with Crippen LogP contribution in [0.1, 0.15) is 32.3 Å². The highest BCUT2D eigenvalue weighted by molar-refractivity contribution is 8.00. The lowest BCUT2D eigenvalue weighted by Crippen LogP contribution is -2.30. The van der Waals surface area contributed by atoms with Crippen molar-refractivity contribution in [1.82, 2.24) is 5.32 Å². The Morgan fingerprint density at radius 1 is 0.698 bits per heavy atom. The van der Waals surface area contributed by atoms with Crippen molar-refractivity contribution in [1.29, 1.82) is 0 Å². The number of anilines is 2. The van der Waals surface area contributed by atoms with Gasteiger partial charge >= 0.3 is 6.18 Å². The molecule has 53 heavy (non-hydrogen) atoms. The van der Waals surface area contributed by atoms with Gasteiger partial charge in [-0.15, -0.1) is 11.8 Å². The van der Waals surface area contributed by atoms with Crippen LogP contribution in [-0.4, -0.2) is 39.1 Å². The van der Waals surface area contributed by atoms with Gasteiger partial charge in [-0.2, -0.15) is 13.2 Å². The summed E-state index contributed by atoms with van der Waals surface area (Å²) in [7, 11) is 4.38. The van der Waals surface area contributed by atoms with Gasteiger partial charge in [0.05, 0.1) is 32.6 Å². The number of para-hydroxylation sites is 1. The molecular formula is C40H34F3N3O6S. The number of nitrogens with one attached hydrogen (secondary N) is 3. The van der Waals surface area contributed by atoms with E-state index in [2.05, 4.69) is 16.0 Å². The van der Waals surface area contributed by atoms with E-state index in [9.17, 15) is 27.6 Å². The molecule has 1 atom stereocenters. The first-order valence-electron chi connectivity index (χ1n) is 16.0. The maximum absolute atomic E-state index is 13.9. The Labute approximate surface area is 308 Å². The van der Waals surface area contributed by atoms with E-state index in [1.54, 1.807) is 97.1 Å². The first kappa shape index (κ1) is 38.0. The van der Waals surface area contributed by atoms with E-state index in [4.69, 9.17) is 14.2 Å². The maximum Gasteiger partial charge on any atom is 0.418 e. The number of methoxy groups -OCH3 is 3. The Morgan fingerprint density at radius 2 is 1.32 bits per heavy atom. The van der Waals surface area contributed by atoms with Crippen molar-refractivity contribution >= 4 is 46.9 Å². The predicted octanol–water partition coefficient (Wildman–Crippen LogP) is 8.61. The van der Waals surface area contributed by atoms with Gasteiger partial charge in [-0.25, -0.2) is 0 Å². The molecule has 0 aromatic heterocycles. The van der Waals surface area contributed by atoms with Crippen LogP contribution in [-0.2, 0) is 15.8 Å². The van der Waals surface area contributed by atoms with E-state index in [0.29, 0.717) is 44.5 Å². The summed E-state index contributed by atoms with van der Waals surface area (Å²) in [5.41, 5.74) is 0.107. The Bertz CT molecular complexity index is 2110. The largest absolute Gasteiger partial charge is 0.496 e. The molecule has 1 unspecified atom stereocenters. The number of amides is 3. The molecule has 3 amide bonds. The molecule has 5 aromatic carbocycles. The zero-order valence-corrected chi connectivity index (χ0v) is 29.5. The molecule has 0 aliphatic heterocycles. The maximum atomic E-state index is 13.9. The van der Waals surface area contributed by atoms with Gasteiger partial charge in [-0.1, -0.05) is 66.7 Å². The minimum absolute atomic E-state index is 0.132. The van der Waals surface area contributed by atoms with Crippen LogP contribution < -0.4 is 30.2 Å². The topological polar surface area (TPSA) is 115 Å². The van der Waals surface area contributed by atoms with Crippen molar-refractivity contribution in [2.24, 2.45) is 0 Å². The van der Waals surface area contributed by atoms with Gasteiger partial charge in [0, 0.05) is 27.8 Å². The molecule has 272 valence electrons. The van der Waals surface area contributed by atoms with Crippen molar-refractivity contribution < 1.29 is 41.8 Å². The summed E-state index contributed by atoms with van der Waals surface area (Å²) in [6.07, 6.45) is -3.24. The van der Waals surface area contributed by atoms with E-state index in [1.165, 1.54) is 45.6 Å². The lowest BCUT2D eigenvalue weighted by atomic mass is 10.1. The van der Waals surface area contributed by atoms with Crippen molar-refractivity contribution in [2.45, 2.75) is 16.3 Å². The van der Waals surface area contributed by atoms with E-state index in [-0.39, 0.29) is 11.4 Å². The highest BCUT2D eigenvalue weighted by Gasteiger charge is 2.34. The van der Waals surface area contributed by atoms with Crippen LogP contribution >= 0.6 is 11.8 Å². The fraction of sp³-hybridized carbons (Fsp3) is 0.125. The molecule has 0 fully saturated rings. The highest BCUT2D eigenvalue weighted by Crippen LogP contribution is 2.40. The SMILES string of the molecule is COc1cc(OC)c(OC)cc1/C=C(/NC(=O)c1ccccc1)C(=O)Nc1cccc(SC(C(=O)Nc2ccccc2C(F)(F)F)c2ccccc2)c1. The summed E-state index contributed by atoms with van der Waals surface area (Å²) in [5.74, 6) is -0.818. The van der Waals surface area contributed by atoms with Crippen LogP contribution in [0.25, 0.3) is 6.08 Å². The summed E-state index contributed by atoms with van der Waals surface area (Å²) in [6.45, 7) is 0. The summed E-state index contributed by atoms with van der Waals surface area (Å²) >= 11 is 1.08. The molecule has 13 heteroatoms. The minimum Gasteiger partial charge on any atom is -0.496 e. The molecular weight excluding hydrogens is 708 g/mol. The lowest BCUT2D eigenvalue weighted by Gasteiger charge is -2.19.